The molecule has 0 saturated heterocycles. The van der Waals surface area contributed by atoms with E-state index in [0.29, 0.717) is 0 Å². The van der Waals surface area contributed by atoms with Crippen LogP contribution in [0.3, 0.4) is 0 Å². The predicted octanol–water partition coefficient (Wildman–Crippen LogP) is 4.48. The van der Waals surface area contributed by atoms with E-state index in [2.05, 4.69) is 24.3 Å². The molecule has 0 N–H and O–H groups in total. The summed E-state index contributed by atoms with van der Waals surface area (Å²) >= 11 is 1.88. The first-order valence-corrected chi connectivity index (χ1v) is 6.45. The highest BCUT2D eigenvalue weighted by atomic mass is 32.1. The molecule has 2 aromatic rings. The SMILES string of the molecule is COc1ccc2cc(C3=CCCC3)sc2c1. The van der Waals surface area contributed by atoms with Crippen LogP contribution < -0.4 is 4.74 Å². The zero-order chi connectivity index (χ0) is 11.0. The summed E-state index contributed by atoms with van der Waals surface area (Å²) in [6.07, 6.45) is 6.17. The number of methoxy groups -OCH3 is 1. The first-order chi connectivity index (χ1) is 7.86. The van der Waals surface area contributed by atoms with Crippen molar-refractivity contribution in [3.8, 4) is 5.75 Å². The van der Waals surface area contributed by atoms with Crippen LogP contribution >= 0.6 is 11.3 Å². The minimum absolute atomic E-state index is 0.946. The number of hydrogen-bond acceptors (Lipinski definition) is 2. The van der Waals surface area contributed by atoms with Gasteiger partial charge in [0, 0.05) is 9.58 Å². The van der Waals surface area contributed by atoms with Crippen molar-refractivity contribution in [1.29, 1.82) is 0 Å². The molecular formula is C14H14OS. The molecule has 0 fully saturated rings. The van der Waals surface area contributed by atoms with Crippen molar-refractivity contribution in [2.24, 2.45) is 0 Å². The minimum atomic E-state index is 0.946. The maximum atomic E-state index is 5.25. The summed E-state index contributed by atoms with van der Waals surface area (Å²) in [5.74, 6) is 0.946. The van der Waals surface area contributed by atoms with Crippen LogP contribution in [0.25, 0.3) is 15.7 Å². The van der Waals surface area contributed by atoms with E-state index in [-0.39, 0.29) is 0 Å². The van der Waals surface area contributed by atoms with Gasteiger partial charge in [0.1, 0.15) is 5.75 Å². The summed E-state index contributed by atoms with van der Waals surface area (Å²) in [5, 5.41) is 1.33. The van der Waals surface area contributed by atoms with Crippen LogP contribution in [0, 0.1) is 0 Å². The fourth-order valence-electron chi connectivity index (χ4n) is 2.19. The van der Waals surface area contributed by atoms with Crippen molar-refractivity contribution in [2.45, 2.75) is 19.3 Å². The maximum absolute atomic E-state index is 5.25. The lowest BCUT2D eigenvalue weighted by Gasteiger charge is -1.97. The Bertz CT molecular complexity index is 551. The normalized spacial score (nSPS) is 15.4. The van der Waals surface area contributed by atoms with Crippen LogP contribution in [0.5, 0.6) is 5.75 Å². The first-order valence-electron chi connectivity index (χ1n) is 5.64. The highest BCUT2D eigenvalue weighted by molar-refractivity contribution is 7.20. The zero-order valence-electron chi connectivity index (χ0n) is 9.32. The van der Waals surface area contributed by atoms with Gasteiger partial charge in [0.2, 0.25) is 0 Å². The second-order valence-corrected chi connectivity index (χ2v) is 5.22. The van der Waals surface area contributed by atoms with E-state index < -0.39 is 0 Å². The van der Waals surface area contributed by atoms with Crippen molar-refractivity contribution in [2.75, 3.05) is 7.11 Å². The number of ether oxygens (including phenoxy) is 1. The Hall–Kier alpha value is -1.28. The Kier molecular flexibility index (Phi) is 2.44. The molecule has 16 heavy (non-hydrogen) atoms. The van der Waals surface area contributed by atoms with E-state index in [1.165, 1.54) is 39.8 Å². The van der Waals surface area contributed by atoms with E-state index in [1.807, 2.05) is 17.4 Å². The van der Waals surface area contributed by atoms with Crippen LogP contribution in [0.4, 0.5) is 0 Å². The van der Waals surface area contributed by atoms with Crippen LogP contribution in [0.1, 0.15) is 24.1 Å². The summed E-state index contributed by atoms with van der Waals surface area (Å²) in [5.41, 5.74) is 1.53. The van der Waals surface area contributed by atoms with Gasteiger partial charge in [-0.2, -0.15) is 0 Å². The number of rotatable bonds is 2. The molecule has 0 amide bonds. The van der Waals surface area contributed by atoms with Gasteiger partial charge in [-0.3, -0.25) is 0 Å². The monoisotopic (exact) mass is 230 g/mol. The van der Waals surface area contributed by atoms with Crippen molar-refractivity contribution < 1.29 is 4.74 Å². The Morgan fingerprint density at radius 3 is 2.94 bits per heavy atom. The number of hydrogen-bond donors (Lipinski definition) is 0. The van der Waals surface area contributed by atoms with Gasteiger partial charge in [0.15, 0.2) is 0 Å². The molecular weight excluding hydrogens is 216 g/mol. The van der Waals surface area contributed by atoms with E-state index >= 15 is 0 Å². The summed E-state index contributed by atoms with van der Waals surface area (Å²) in [7, 11) is 1.72. The molecule has 82 valence electrons. The highest BCUT2D eigenvalue weighted by Crippen LogP contribution is 2.36. The molecule has 1 aromatic carbocycles. The summed E-state index contributed by atoms with van der Waals surface area (Å²) < 4.78 is 6.57. The van der Waals surface area contributed by atoms with Crippen molar-refractivity contribution in [3.63, 3.8) is 0 Å². The lowest BCUT2D eigenvalue weighted by atomic mass is 10.2. The Balaban J connectivity index is 2.08. The summed E-state index contributed by atoms with van der Waals surface area (Å²) in [6.45, 7) is 0. The van der Waals surface area contributed by atoms with E-state index in [1.54, 1.807) is 7.11 Å². The molecule has 0 radical (unpaired) electrons. The van der Waals surface area contributed by atoms with Gasteiger partial charge in [-0.15, -0.1) is 11.3 Å². The van der Waals surface area contributed by atoms with Crippen molar-refractivity contribution in [1.82, 2.24) is 0 Å². The van der Waals surface area contributed by atoms with Gasteiger partial charge in [0.25, 0.3) is 0 Å². The topological polar surface area (TPSA) is 9.23 Å². The molecule has 1 nitrogen and oxygen atoms in total. The molecule has 0 saturated carbocycles. The smallest absolute Gasteiger partial charge is 0.120 e. The molecule has 1 heterocycles. The quantitative estimate of drug-likeness (QED) is 0.739. The molecule has 0 spiro atoms. The van der Waals surface area contributed by atoms with Crippen LogP contribution in [-0.2, 0) is 0 Å². The number of thiophene rings is 1. The lowest BCUT2D eigenvalue weighted by Crippen LogP contribution is -1.79. The third-order valence-electron chi connectivity index (χ3n) is 3.08. The molecule has 1 aliphatic rings. The zero-order valence-corrected chi connectivity index (χ0v) is 10.1. The summed E-state index contributed by atoms with van der Waals surface area (Å²) in [4.78, 5) is 1.43. The number of allylic oxidation sites excluding steroid dienone is 2. The van der Waals surface area contributed by atoms with Gasteiger partial charge >= 0.3 is 0 Å². The van der Waals surface area contributed by atoms with Gasteiger partial charge in [0.05, 0.1) is 7.11 Å². The second-order valence-electron chi connectivity index (χ2n) is 4.14. The standard InChI is InChI=1S/C14H14OS/c1-15-12-7-6-11-8-13(16-14(11)9-12)10-4-2-3-5-10/h4,6-9H,2-3,5H2,1H3. The molecule has 0 unspecified atom stereocenters. The molecule has 2 heteroatoms. The first kappa shape index (κ1) is 9.91. The predicted molar refractivity (Wildman–Crippen MR) is 70.2 cm³/mol. The molecule has 3 rings (SSSR count). The van der Waals surface area contributed by atoms with Crippen LogP contribution in [0.15, 0.2) is 30.3 Å². The number of benzene rings is 1. The highest BCUT2D eigenvalue weighted by Gasteiger charge is 2.10. The Labute approximate surface area is 99.4 Å². The molecule has 1 aliphatic carbocycles. The van der Waals surface area contributed by atoms with Crippen molar-refractivity contribution in [3.05, 3.63) is 35.2 Å². The maximum Gasteiger partial charge on any atom is 0.120 e. The van der Waals surface area contributed by atoms with E-state index in [0.717, 1.165) is 5.75 Å². The summed E-state index contributed by atoms with van der Waals surface area (Å²) in [6, 6.07) is 8.60. The van der Waals surface area contributed by atoms with Gasteiger partial charge in [-0.05, 0) is 54.5 Å². The molecule has 0 atom stereocenters. The molecule has 1 aromatic heterocycles. The fraction of sp³-hybridized carbons (Fsp3) is 0.286. The van der Waals surface area contributed by atoms with Gasteiger partial charge < -0.3 is 4.74 Å². The largest absolute Gasteiger partial charge is 0.497 e. The lowest BCUT2D eigenvalue weighted by molar-refractivity contribution is 0.415. The van der Waals surface area contributed by atoms with Crippen LogP contribution in [0.2, 0.25) is 0 Å². The average Bonchev–Trinajstić information content (AvgIpc) is 2.96. The van der Waals surface area contributed by atoms with Gasteiger partial charge in [-0.1, -0.05) is 6.08 Å². The third-order valence-corrected chi connectivity index (χ3v) is 4.26. The third kappa shape index (κ3) is 1.63. The fourth-order valence-corrected chi connectivity index (χ4v) is 3.35. The minimum Gasteiger partial charge on any atom is -0.497 e. The molecule has 0 aliphatic heterocycles. The van der Waals surface area contributed by atoms with E-state index in [9.17, 15) is 0 Å². The Morgan fingerprint density at radius 2 is 2.19 bits per heavy atom. The van der Waals surface area contributed by atoms with E-state index in [4.69, 9.17) is 4.74 Å². The van der Waals surface area contributed by atoms with Crippen LogP contribution in [-0.4, -0.2) is 7.11 Å². The second kappa shape index (κ2) is 3.95. The average molecular weight is 230 g/mol. The number of fused-ring (bicyclic) bond motifs is 1. The molecule has 0 bridgehead atoms. The van der Waals surface area contributed by atoms with Crippen molar-refractivity contribution >= 4 is 27.0 Å². The Morgan fingerprint density at radius 1 is 1.25 bits per heavy atom. The van der Waals surface area contributed by atoms with Gasteiger partial charge in [-0.25, -0.2) is 0 Å².